The van der Waals surface area contributed by atoms with Gasteiger partial charge in [0.05, 0.1) is 6.20 Å². The van der Waals surface area contributed by atoms with Crippen molar-refractivity contribution in [1.29, 1.82) is 0 Å². The summed E-state index contributed by atoms with van der Waals surface area (Å²) in [5, 5.41) is 8.64. The predicted molar refractivity (Wildman–Crippen MR) is 32.9 cm³/mol. The first-order valence-corrected chi connectivity index (χ1v) is 2.65. The molecule has 0 atom stereocenters. The topological polar surface area (TPSA) is 42.2 Å². The summed E-state index contributed by atoms with van der Waals surface area (Å²) in [7, 11) is 0. The van der Waals surface area contributed by atoms with Crippen LogP contribution in [0.5, 0.6) is 0 Å². The van der Waals surface area contributed by atoms with Gasteiger partial charge in [0, 0.05) is 12.3 Å². The van der Waals surface area contributed by atoms with Crippen molar-refractivity contribution in [3.63, 3.8) is 0 Å². The largest absolute Gasteiger partial charge is 0.429 e. The highest BCUT2D eigenvalue weighted by Crippen LogP contribution is 1.96. The van der Waals surface area contributed by atoms with E-state index in [1.165, 1.54) is 12.3 Å². The van der Waals surface area contributed by atoms with Gasteiger partial charge in [0.1, 0.15) is 5.02 Å². The first-order valence-electron chi connectivity index (χ1n) is 2.27. The van der Waals surface area contributed by atoms with Crippen molar-refractivity contribution in [2.75, 3.05) is 0 Å². The molecule has 0 spiro atoms. The van der Waals surface area contributed by atoms with Crippen molar-refractivity contribution < 1.29 is 5.21 Å². The number of rotatable bonds is 0. The fraction of sp³-hybridized carbons (Fsp3) is 0. The van der Waals surface area contributed by atoms with Gasteiger partial charge in [-0.1, -0.05) is 11.6 Å². The average molecular weight is 146 g/mol. The highest BCUT2D eigenvalue weighted by atomic mass is 35.5. The molecule has 4 heteroatoms. The minimum Gasteiger partial charge on any atom is -0.429 e. The lowest BCUT2D eigenvalue weighted by Gasteiger charge is -1.92. The molecule has 0 radical (unpaired) electrons. The predicted octanol–water partition coefficient (Wildman–Crippen LogP) is 0.739. The standard InChI is InChI=1S/C5H4ClNO2/c6-4-3-7(9)2-1-5(4)8/h1-3,9H. The van der Waals surface area contributed by atoms with Gasteiger partial charge in [-0.25, -0.2) is 4.73 Å². The van der Waals surface area contributed by atoms with Gasteiger partial charge >= 0.3 is 0 Å². The molecule has 48 valence electrons. The van der Waals surface area contributed by atoms with Gasteiger partial charge in [-0.15, -0.1) is 0 Å². The Morgan fingerprint density at radius 3 is 2.78 bits per heavy atom. The van der Waals surface area contributed by atoms with Crippen molar-refractivity contribution in [1.82, 2.24) is 4.73 Å². The Kier molecular flexibility index (Phi) is 1.44. The monoisotopic (exact) mass is 145 g/mol. The summed E-state index contributed by atoms with van der Waals surface area (Å²) in [6, 6.07) is 1.18. The Bertz CT molecular complexity index is 268. The molecule has 0 fully saturated rings. The summed E-state index contributed by atoms with van der Waals surface area (Å²) in [6.07, 6.45) is 2.35. The highest BCUT2D eigenvalue weighted by Gasteiger charge is 1.92. The van der Waals surface area contributed by atoms with Crippen LogP contribution in [-0.4, -0.2) is 9.94 Å². The maximum Gasteiger partial charge on any atom is 0.200 e. The van der Waals surface area contributed by atoms with Crippen molar-refractivity contribution in [3.05, 3.63) is 33.7 Å². The molecule has 1 heterocycles. The molecular formula is C5H4ClNO2. The SMILES string of the molecule is O=c1ccn(O)cc1Cl. The number of hydrogen-bond donors (Lipinski definition) is 1. The second-order valence-electron chi connectivity index (χ2n) is 1.54. The number of halogens is 1. The van der Waals surface area contributed by atoms with E-state index in [1.807, 2.05) is 0 Å². The summed E-state index contributed by atoms with van der Waals surface area (Å²) >= 11 is 5.32. The first-order chi connectivity index (χ1) is 4.20. The fourth-order valence-electron chi connectivity index (χ4n) is 0.446. The normalized spacial score (nSPS) is 9.44. The number of pyridine rings is 1. The van der Waals surface area contributed by atoms with E-state index in [2.05, 4.69) is 0 Å². The molecule has 1 N–H and O–H groups in total. The molecule has 1 aromatic rings. The number of aromatic nitrogens is 1. The zero-order valence-corrected chi connectivity index (χ0v) is 5.17. The molecular weight excluding hydrogens is 142 g/mol. The Morgan fingerprint density at radius 1 is 1.67 bits per heavy atom. The number of nitrogens with zero attached hydrogens (tertiary/aromatic N) is 1. The third-order valence-electron chi connectivity index (χ3n) is 0.860. The van der Waals surface area contributed by atoms with Crippen LogP contribution in [0.15, 0.2) is 23.3 Å². The van der Waals surface area contributed by atoms with Crippen molar-refractivity contribution in [2.45, 2.75) is 0 Å². The van der Waals surface area contributed by atoms with E-state index in [4.69, 9.17) is 16.8 Å². The molecule has 0 saturated heterocycles. The maximum absolute atomic E-state index is 10.5. The molecule has 0 aliphatic heterocycles. The Balaban J connectivity index is 3.34. The smallest absolute Gasteiger partial charge is 0.200 e. The Hall–Kier alpha value is -0.960. The quantitative estimate of drug-likeness (QED) is 0.547. The molecule has 1 rings (SSSR count). The Morgan fingerprint density at radius 2 is 2.33 bits per heavy atom. The van der Waals surface area contributed by atoms with Crippen molar-refractivity contribution >= 4 is 11.6 Å². The van der Waals surface area contributed by atoms with Crippen LogP contribution in [-0.2, 0) is 0 Å². The lowest BCUT2D eigenvalue weighted by atomic mass is 10.5. The second kappa shape index (κ2) is 2.11. The van der Waals surface area contributed by atoms with Crippen LogP contribution >= 0.6 is 11.6 Å². The lowest BCUT2D eigenvalue weighted by molar-refractivity contribution is 0.184. The van der Waals surface area contributed by atoms with E-state index in [0.717, 1.165) is 10.9 Å². The van der Waals surface area contributed by atoms with Gasteiger partial charge in [-0.05, 0) is 0 Å². The van der Waals surface area contributed by atoms with Crippen molar-refractivity contribution in [2.24, 2.45) is 0 Å². The third kappa shape index (κ3) is 1.23. The van der Waals surface area contributed by atoms with Crippen LogP contribution in [0.1, 0.15) is 0 Å². The summed E-state index contributed by atoms with van der Waals surface area (Å²) in [4.78, 5) is 10.5. The Labute approximate surface area is 56.1 Å². The van der Waals surface area contributed by atoms with Gasteiger partial charge < -0.3 is 5.21 Å². The van der Waals surface area contributed by atoms with E-state index in [-0.39, 0.29) is 10.5 Å². The molecule has 0 bridgehead atoms. The lowest BCUT2D eigenvalue weighted by Crippen LogP contribution is -2.02. The molecule has 9 heavy (non-hydrogen) atoms. The summed E-state index contributed by atoms with van der Waals surface area (Å²) < 4.78 is 0.726. The van der Waals surface area contributed by atoms with E-state index in [0.29, 0.717) is 0 Å². The van der Waals surface area contributed by atoms with Crippen molar-refractivity contribution in [3.8, 4) is 0 Å². The van der Waals surface area contributed by atoms with Crippen LogP contribution in [0.4, 0.5) is 0 Å². The zero-order chi connectivity index (χ0) is 6.85. The molecule has 0 aromatic carbocycles. The molecule has 0 unspecified atom stereocenters. The van der Waals surface area contributed by atoms with Gasteiger partial charge in [-0.3, -0.25) is 4.79 Å². The molecule has 3 nitrogen and oxygen atoms in total. The van der Waals surface area contributed by atoms with Crippen LogP contribution in [0.25, 0.3) is 0 Å². The van der Waals surface area contributed by atoms with Gasteiger partial charge in [0.25, 0.3) is 0 Å². The molecule has 0 amide bonds. The van der Waals surface area contributed by atoms with Gasteiger partial charge in [0.15, 0.2) is 5.43 Å². The van der Waals surface area contributed by atoms with E-state index < -0.39 is 0 Å². The minimum absolute atomic E-state index is 0.0139. The van der Waals surface area contributed by atoms with E-state index >= 15 is 0 Å². The van der Waals surface area contributed by atoms with Crippen LogP contribution in [0.3, 0.4) is 0 Å². The van der Waals surface area contributed by atoms with Crippen LogP contribution in [0.2, 0.25) is 5.02 Å². The van der Waals surface area contributed by atoms with E-state index in [9.17, 15) is 4.79 Å². The average Bonchev–Trinajstić information content (AvgIpc) is 1.80. The highest BCUT2D eigenvalue weighted by molar-refractivity contribution is 6.30. The third-order valence-corrected chi connectivity index (χ3v) is 1.14. The number of hydrogen-bond acceptors (Lipinski definition) is 2. The molecule has 0 aliphatic carbocycles. The maximum atomic E-state index is 10.5. The zero-order valence-electron chi connectivity index (χ0n) is 4.41. The molecule has 1 aromatic heterocycles. The minimum atomic E-state index is -0.290. The molecule has 0 saturated carbocycles. The van der Waals surface area contributed by atoms with Gasteiger partial charge in [0.2, 0.25) is 0 Å². The summed E-state index contributed by atoms with van der Waals surface area (Å²) in [6.45, 7) is 0. The molecule has 0 aliphatic rings. The summed E-state index contributed by atoms with van der Waals surface area (Å²) in [5.74, 6) is 0. The summed E-state index contributed by atoms with van der Waals surface area (Å²) in [5.41, 5.74) is -0.290. The van der Waals surface area contributed by atoms with Crippen LogP contribution < -0.4 is 5.43 Å². The van der Waals surface area contributed by atoms with Crippen LogP contribution in [0, 0.1) is 0 Å². The second-order valence-corrected chi connectivity index (χ2v) is 1.94. The first kappa shape index (κ1) is 6.16. The van der Waals surface area contributed by atoms with E-state index in [1.54, 1.807) is 0 Å². The fourth-order valence-corrected chi connectivity index (χ4v) is 0.609. The van der Waals surface area contributed by atoms with Gasteiger partial charge in [-0.2, -0.15) is 0 Å².